The van der Waals surface area contributed by atoms with E-state index in [-0.39, 0.29) is 18.2 Å². The summed E-state index contributed by atoms with van der Waals surface area (Å²) in [5, 5.41) is 0. The molecule has 0 amide bonds. The number of ketones is 1. The van der Waals surface area contributed by atoms with Crippen LogP contribution in [0.1, 0.15) is 38.2 Å². The van der Waals surface area contributed by atoms with Crippen molar-refractivity contribution in [1.82, 2.24) is 9.80 Å². The summed E-state index contributed by atoms with van der Waals surface area (Å²) in [6, 6.07) is 46.5. The molecule has 6 rings (SSSR count). The van der Waals surface area contributed by atoms with Crippen molar-refractivity contribution < 1.29 is 4.79 Å². The highest BCUT2D eigenvalue weighted by Gasteiger charge is 2.14. The van der Waals surface area contributed by atoms with Crippen LogP contribution in [0.25, 0.3) is 44.5 Å². The molecule has 0 radical (unpaired) electrons. The lowest BCUT2D eigenvalue weighted by atomic mass is 9.91. The number of nitrogens with zero attached hydrogens (tertiary/aromatic N) is 2. The quantitative estimate of drug-likeness (QED) is 0.136. The van der Waals surface area contributed by atoms with Gasteiger partial charge in [-0.2, -0.15) is 0 Å². The van der Waals surface area contributed by atoms with Crippen LogP contribution in [0, 0.1) is 13.8 Å². The van der Waals surface area contributed by atoms with Gasteiger partial charge in [0.05, 0.1) is 0 Å². The average molecular weight is 665 g/mol. The van der Waals surface area contributed by atoms with Gasteiger partial charge in [0.2, 0.25) is 0 Å². The first-order valence-electron chi connectivity index (χ1n) is 16.6. The highest BCUT2D eigenvalue weighted by Crippen LogP contribution is 2.35. The Labute approximate surface area is 298 Å². The zero-order chi connectivity index (χ0) is 33.8. The Morgan fingerprint density at radius 1 is 0.449 bits per heavy atom. The standard InChI is InChI=1S/C45H44N2O.ClH/c1-31-27-37(23-25-39(31)29-46(3)4)43-13-9-7-11-41(43)33-15-19-35(20-16-33)45(48)36-21-17-34(18-22-36)42-12-8-10-14-44(42)38-24-26-40(30-47(5)6)32(2)28-38;/h7-28H,29-30H2,1-6H3;1H. The lowest BCUT2D eigenvalue weighted by Gasteiger charge is -2.15. The number of hydrogen-bond acceptors (Lipinski definition) is 3. The van der Waals surface area contributed by atoms with Crippen LogP contribution < -0.4 is 0 Å². The third-order valence-electron chi connectivity index (χ3n) is 9.05. The second-order valence-electron chi connectivity index (χ2n) is 13.3. The molecule has 0 unspecified atom stereocenters. The van der Waals surface area contributed by atoms with Gasteiger partial charge in [-0.05, 0) is 109 Å². The maximum Gasteiger partial charge on any atom is 0.193 e. The molecule has 0 atom stereocenters. The summed E-state index contributed by atoms with van der Waals surface area (Å²) in [5.41, 5.74) is 15.9. The molecule has 0 fully saturated rings. The highest BCUT2D eigenvalue weighted by molar-refractivity contribution is 6.09. The minimum Gasteiger partial charge on any atom is -0.305 e. The Balaban J connectivity index is 0.00000468. The molecule has 0 saturated carbocycles. The van der Waals surface area contributed by atoms with Crippen molar-refractivity contribution in [3.8, 4) is 44.5 Å². The van der Waals surface area contributed by atoms with Gasteiger partial charge in [-0.1, -0.05) is 133 Å². The summed E-state index contributed by atoms with van der Waals surface area (Å²) < 4.78 is 0. The summed E-state index contributed by atoms with van der Waals surface area (Å²) in [6.45, 7) is 6.21. The van der Waals surface area contributed by atoms with Gasteiger partial charge in [-0.15, -0.1) is 12.4 Å². The van der Waals surface area contributed by atoms with Gasteiger partial charge in [0, 0.05) is 24.2 Å². The van der Waals surface area contributed by atoms with E-state index in [2.05, 4.69) is 161 Å². The van der Waals surface area contributed by atoms with E-state index < -0.39 is 0 Å². The van der Waals surface area contributed by atoms with Gasteiger partial charge in [0.1, 0.15) is 0 Å². The zero-order valence-corrected chi connectivity index (χ0v) is 30.1. The van der Waals surface area contributed by atoms with Crippen molar-refractivity contribution in [2.75, 3.05) is 28.2 Å². The van der Waals surface area contributed by atoms with Crippen molar-refractivity contribution in [2.24, 2.45) is 0 Å². The van der Waals surface area contributed by atoms with Gasteiger partial charge in [-0.3, -0.25) is 4.79 Å². The molecule has 4 heteroatoms. The van der Waals surface area contributed by atoms with E-state index in [0.717, 1.165) is 35.3 Å². The topological polar surface area (TPSA) is 23.6 Å². The first-order chi connectivity index (χ1) is 23.2. The molecule has 0 aliphatic heterocycles. The number of carbonyl (C=O) groups excluding carboxylic acids is 1. The second-order valence-corrected chi connectivity index (χ2v) is 13.3. The monoisotopic (exact) mass is 664 g/mol. The second kappa shape index (κ2) is 15.6. The van der Waals surface area contributed by atoms with Gasteiger partial charge < -0.3 is 9.80 Å². The van der Waals surface area contributed by atoms with Crippen LogP contribution in [0.2, 0.25) is 0 Å². The fourth-order valence-corrected chi connectivity index (χ4v) is 6.51. The molecule has 0 spiro atoms. The molecular formula is C45H45ClN2O. The van der Waals surface area contributed by atoms with Gasteiger partial charge in [0.15, 0.2) is 5.78 Å². The maximum atomic E-state index is 13.6. The molecule has 6 aromatic carbocycles. The predicted octanol–water partition coefficient (Wildman–Crippen LogP) is 10.7. The van der Waals surface area contributed by atoms with Crippen molar-refractivity contribution in [3.63, 3.8) is 0 Å². The summed E-state index contributed by atoms with van der Waals surface area (Å²) in [6.07, 6.45) is 0. The van der Waals surface area contributed by atoms with E-state index >= 15 is 0 Å². The predicted molar refractivity (Wildman–Crippen MR) is 210 cm³/mol. The van der Waals surface area contributed by atoms with Gasteiger partial charge in [0.25, 0.3) is 0 Å². The minimum atomic E-state index is 0. The SMILES string of the molecule is Cc1cc(-c2ccccc2-c2ccc(C(=O)c3ccc(-c4ccccc4-c4ccc(CN(C)C)c(C)c4)cc3)cc2)ccc1CN(C)C.Cl. The average Bonchev–Trinajstić information content (AvgIpc) is 3.09. The number of carbonyl (C=O) groups is 1. The molecule has 3 nitrogen and oxygen atoms in total. The molecule has 0 aliphatic carbocycles. The Morgan fingerprint density at radius 3 is 1.06 bits per heavy atom. The molecule has 0 N–H and O–H groups in total. The summed E-state index contributed by atoms with van der Waals surface area (Å²) in [7, 11) is 8.39. The Hall–Kier alpha value is -4.80. The first-order valence-corrected chi connectivity index (χ1v) is 16.6. The van der Waals surface area contributed by atoms with Crippen LogP contribution in [0.3, 0.4) is 0 Å². The lowest BCUT2D eigenvalue weighted by Crippen LogP contribution is -2.11. The summed E-state index contributed by atoms with van der Waals surface area (Å²) in [4.78, 5) is 18.0. The summed E-state index contributed by atoms with van der Waals surface area (Å²) in [5.74, 6) is 0.0221. The number of halogens is 1. The first kappa shape index (κ1) is 35.5. The van der Waals surface area contributed by atoms with Crippen molar-refractivity contribution >= 4 is 18.2 Å². The molecular weight excluding hydrogens is 620 g/mol. The van der Waals surface area contributed by atoms with Crippen molar-refractivity contribution in [2.45, 2.75) is 26.9 Å². The molecule has 6 aromatic rings. The lowest BCUT2D eigenvalue weighted by molar-refractivity contribution is 0.103. The third-order valence-corrected chi connectivity index (χ3v) is 9.05. The van der Waals surface area contributed by atoms with E-state index in [1.165, 1.54) is 44.5 Å². The van der Waals surface area contributed by atoms with Crippen LogP contribution in [0.5, 0.6) is 0 Å². The number of hydrogen-bond donors (Lipinski definition) is 0. The molecule has 0 heterocycles. The largest absolute Gasteiger partial charge is 0.305 e. The van der Waals surface area contributed by atoms with E-state index in [0.29, 0.717) is 11.1 Å². The smallest absolute Gasteiger partial charge is 0.193 e. The molecule has 49 heavy (non-hydrogen) atoms. The van der Waals surface area contributed by atoms with Crippen LogP contribution >= 0.6 is 12.4 Å². The minimum absolute atomic E-state index is 0. The fourth-order valence-electron chi connectivity index (χ4n) is 6.51. The van der Waals surface area contributed by atoms with E-state index in [1.54, 1.807) is 0 Å². The van der Waals surface area contributed by atoms with E-state index in [1.807, 2.05) is 24.3 Å². The number of rotatable bonds is 10. The molecule has 0 bridgehead atoms. The van der Waals surface area contributed by atoms with Crippen LogP contribution in [0.15, 0.2) is 133 Å². The van der Waals surface area contributed by atoms with Crippen molar-refractivity contribution in [1.29, 1.82) is 0 Å². The Kier molecular flexibility index (Phi) is 11.3. The normalized spacial score (nSPS) is 11.1. The van der Waals surface area contributed by atoms with Gasteiger partial charge in [-0.25, -0.2) is 0 Å². The summed E-state index contributed by atoms with van der Waals surface area (Å²) >= 11 is 0. The maximum absolute atomic E-state index is 13.6. The number of benzene rings is 6. The van der Waals surface area contributed by atoms with Crippen LogP contribution in [0.4, 0.5) is 0 Å². The highest BCUT2D eigenvalue weighted by atomic mass is 35.5. The molecule has 0 aliphatic rings. The number of aryl methyl sites for hydroxylation is 2. The fraction of sp³-hybridized carbons (Fsp3) is 0.178. The van der Waals surface area contributed by atoms with E-state index in [9.17, 15) is 4.79 Å². The Bertz CT molecular complexity index is 1910. The van der Waals surface area contributed by atoms with Crippen LogP contribution in [-0.2, 0) is 13.1 Å². The molecule has 0 saturated heterocycles. The molecule has 248 valence electrons. The third kappa shape index (κ3) is 8.09. The molecule has 0 aromatic heterocycles. The van der Waals surface area contributed by atoms with Crippen molar-refractivity contribution in [3.05, 3.63) is 167 Å². The van der Waals surface area contributed by atoms with Crippen LogP contribution in [-0.4, -0.2) is 43.8 Å². The van der Waals surface area contributed by atoms with E-state index in [4.69, 9.17) is 0 Å². The Morgan fingerprint density at radius 2 is 0.755 bits per heavy atom. The zero-order valence-electron chi connectivity index (χ0n) is 29.3. The van der Waals surface area contributed by atoms with Gasteiger partial charge >= 0.3 is 0 Å².